The highest BCUT2D eigenvalue weighted by Gasteiger charge is 2.40. The average molecular weight is 254 g/mol. The molecule has 0 N–H and O–H groups in total. The first-order valence-electron chi connectivity index (χ1n) is 6.07. The fourth-order valence-electron chi connectivity index (χ4n) is 2.25. The molecule has 0 aromatic carbocycles. The van der Waals surface area contributed by atoms with E-state index >= 15 is 0 Å². The van der Waals surface area contributed by atoms with Gasteiger partial charge in [-0.25, -0.2) is 4.79 Å². The molecule has 1 spiro atoms. The van der Waals surface area contributed by atoms with E-state index in [0.29, 0.717) is 38.2 Å². The average Bonchev–Trinajstić information content (AvgIpc) is 2.79. The Morgan fingerprint density at radius 3 is 2.83 bits per heavy atom. The zero-order valence-electron chi connectivity index (χ0n) is 10.6. The van der Waals surface area contributed by atoms with E-state index in [2.05, 4.69) is 6.58 Å². The van der Waals surface area contributed by atoms with Gasteiger partial charge < -0.3 is 18.9 Å². The van der Waals surface area contributed by atoms with E-state index < -0.39 is 11.9 Å². The van der Waals surface area contributed by atoms with Gasteiger partial charge in [-0.3, -0.25) is 0 Å². The Bertz CT molecular complexity index is 366. The van der Waals surface area contributed by atoms with Gasteiger partial charge in [0.25, 0.3) is 0 Å². The van der Waals surface area contributed by atoms with Crippen LogP contribution in [0.1, 0.15) is 26.2 Å². The second-order valence-electron chi connectivity index (χ2n) is 4.44. The summed E-state index contributed by atoms with van der Waals surface area (Å²) < 4.78 is 21.2. The van der Waals surface area contributed by atoms with Gasteiger partial charge in [0.2, 0.25) is 0 Å². The number of carbonyl (C=O) groups excluding carboxylic acids is 1. The molecule has 2 rings (SSSR count). The van der Waals surface area contributed by atoms with E-state index in [1.54, 1.807) is 0 Å². The molecule has 0 aromatic rings. The van der Waals surface area contributed by atoms with E-state index in [4.69, 9.17) is 18.9 Å². The maximum absolute atomic E-state index is 11.3. The summed E-state index contributed by atoms with van der Waals surface area (Å²) in [5, 5.41) is 0. The van der Waals surface area contributed by atoms with E-state index in [1.807, 2.05) is 6.92 Å². The summed E-state index contributed by atoms with van der Waals surface area (Å²) in [5.74, 6) is 0.163. The minimum absolute atomic E-state index is 0.154. The molecule has 2 aliphatic rings. The quantitative estimate of drug-likeness (QED) is 0.572. The van der Waals surface area contributed by atoms with Gasteiger partial charge in [0.1, 0.15) is 12.4 Å². The van der Waals surface area contributed by atoms with Crippen molar-refractivity contribution in [1.29, 1.82) is 0 Å². The van der Waals surface area contributed by atoms with Gasteiger partial charge in [-0.05, 0) is 12.5 Å². The van der Waals surface area contributed by atoms with Gasteiger partial charge in [0.15, 0.2) is 5.79 Å². The van der Waals surface area contributed by atoms with Gasteiger partial charge in [-0.2, -0.15) is 0 Å². The summed E-state index contributed by atoms with van der Waals surface area (Å²) in [6.45, 7) is 6.80. The van der Waals surface area contributed by atoms with Crippen molar-refractivity contribution in [1.82, 2.24) is 0 Å². The van der Waals surface area contributed by atoms with Crippen molar-refractivity contribution in [3.8, 4) is 0 Å². The summed E-state index contributed by atoms with van der Waals surface area (Å²) in [7, 11) is 0. The molecule has 18 heavy (non-hydrogen) atoms. The van der Waals surface area contributed by atoms with E-state index in [0.717, 1.165) is 5.57 Å². The minimum Gasteiger partial charge on any atom is -0.430 e. The number of ether oxygens (including phenoxy) is 4. The molecule has 1 aliphatic heterocycles. The smallest absolute Gasteiger partial charge is 0.430 e. The Kier molecular flexibility index (Phi) is 4.04. The summed E-state index contributed by atoms with van der Waals surface area (Å²) >= 11 is 0. The molecule has 0 unspecified atom stereocenters. The van der Waals surface area contributed by atoms with Crippen LogP contribution in [0.15, 0.2) is 24.0 Å². The predicted molar refractivity (Wildman–Crippen MR) is 63.8 cm³/mol. The van der Waals surface area contributed by atoms with Gasteiger partial charge in [-0.1, -0.05) is 12.7 Å². The topological polar surface area (TPSA) is 54.0 Å². The third-order valence-electron chi connectivity index (χ3n) is 3.08. The molecule has 0 radical (unpaired) electrons. The Hall–Kier alpha value is -1.33. The third kappa shape index (κ3) is 2.91. The van der Waals surface area contributed by atoms with Crippen molar-refractivity contribution < 1.29 is 23.7 Å². The van der Waals surface area contributed by atoms with Crippen LogP contribution in [0.2, 0.25) is 0 Å². The van der Waals surface area contributed by atoms with Crippen molar-refractivity contribution in [3.63, 3.8) is 0 Å². The Morgan fingerprint density at radius 1 is 1.50 bits per heavy atom. The lowest BCUT2D eigenvalue weighted by Gasteiger charge is -2.32. The van der Waals surface area contributed by atoms with Gasteiger partial charge in [0, 0.05) is 19.3 Å². The molecule has 0 atom stereocenters. The van der Waals surface area contributed by atoms with Crippen molar-refractivity contribution in [2.45, 2.75) is 32.0 Å². The molecule has 100 valence electrons. The molecule has 0 bridgehead atoms. The van der Waals surface area contributed by atoms with Crippen LogP contribution in [-0.2, 0) is 18.9 Å². The zero-order chi connectivity index (χ0) is 13.0. The molecule has 1 fully saturated rings. The minimum atomic E-state index is -0.687. The second-order valence-corrected chi connectivity index (χ2v) is 4.44. The van der Waals surface area contributed by atoms with Crippen LogP contribution >= 0.6 is 0 Å². The van der Waals surface area contributed by atoms with Crippen LogP contribution < -0.4 is 0 Å². The Labute approximate surface area is 106 Å². The highest BCUT2D eigenvalue weighted by molar-refractivity contribution is 5.61. The largest absolute Gasteiger partial charge is 0.513 e. The SMILES string of the molecule is C=CCOC(=O)OC1=C(C)CC2(CC1)OCCO2. The Balaban J connectivity index is 1.93. The summed E-state index contributed by atoms with van der Waals surface area (Å²) in [6.07, 6.45) is 2.77. The first kappa shape index (κ1) is 13.1. The van der Waals surface area contributed by atoms with Crippen LogP contribution in [-0.4, -0.2) is 31.8 Å². The highest BCUT2D eigenvalue weighted by Crippen LogP contribution is 2.38. The predicted octanol–water partition coefficient (Wildman–Crippen LogP) is 2.53. The van der Waals surface area contributed by atoms with E-state index in [1.165, 1.54) is 6.08 Å². The zero-order valence-corrected chi connectivity index (χ0v) is 10.6. The van der Waals surface area contributed by atoms with Crippen molar-refractivity contribution in [3.05, 3.63) is 24.0 Å². The number of allylic oxidation sites excluding steroid dienone is 1. The molecular formula is C13H18O5. The van der Waals surface area contributed by atoms with Gasteiger partial charge in [-0.15, -0.1) is 0 Å². The fraction of sp³-hybridized carbons (Fsp3) is 0.615. The van der Waals surface area contributed by atoms with Gasteiger partial charge in [0.05, 0.1) is 13.2 Å². The number of hydrogen-bond donors (Lipinski definition) is 0. The van der Waals surface area contributed by atoms with Crippen molar-refractivity contribution in [2.24, 2.45) is 0 Å². The number of rotatable bonds is 3. The lowest BCUT2D eigenvalue weighted by atomic mass is 9.93. The first-order chi connectivity index (χ1) is 8.65. The van der Waals surface area contributed by atoms with Crippen LogP contribution in [0, 0.1) is 0 Å². The maximum atomic E-state index is 11.3. The van der Waals surface area contributed by atoms with E-state index in [9.17, 15) is 4.79 Å². The second kappa shape index (κ2) is 5.54. The lowest BCUT2D eigenvalue weighted by Crippen LogP contribution is -2.34. The molecule has 5 nitrogen and oxygen atoms in total. The summed E-state index contributed by atoms with van der Waals surface area (Å²) in [4.78, 5) is 11.3. The van der Waals surface area contributed by atoms with Crippen LogP contribution in [0.5, 0.6) is 0 Å². The molecule has 5 heteroatoms. The molecular weight excluding hydrogens is 236 g/mol. The van der Waals surface area contributed by atoms with Crippen molar-refractivity contribution in [2.75, 3.05) is 19.8 Å². The summed E-state index contributed by atoms with van der Waals surface area (Å²) in [6, 6.07) is 0. The lowest BCUT2D eigenvalue weighted by molar-refractivity contribution is -0.165. The monoisotopic (exact) mass is 254 g/mol. The number of carbonyl (C=O) groups is 1. The molecule has 0 saturated carbocycles. The standard InChI is InChI=1S/C13H18O5/c1-3-6-15-12(14)18-11-4-5-13(9-10(11)2)16-7-8-17-13/h3H,1,4-9H2,2H3. The molecule has 1 heterocycles. The third-order valence-corrected chi connectivity index (χ3v) is 3.08. The molecule has 0 amide bonds. The van der Waals surface area contributed by atoms with E-state index in [-0.39, 0.29) is 6.61 Å². The first-order valence-corrected chi connectivity index (χ1v) is 6.07. The summed E-state index contributed by atoms with van der Waals surface area (Å²) in [5.41, 5.74) is 0.971. The fourth-order valence-corrected chi connectivity index (χ4v) is 2.25. The maximum Gasteiger partial charge on any atom is 0.513 e. The molecule has 0 aromatic heterocycles. The number of hydrogen-bond acceptors (Lipinski definition) is 5. The van der Waals surface area contributed by atoms with Crippen LogP contribution in [0.25, 0.3) is 0 Å². The van der Waals surface area contributed by atoms with Crippen molar-refractivity contribution >= 4 is 6.16 Å². The molecule has 1 saturated heterocycles. The molecule has 1 aliphatic carbocycles. The normalized spacial score (nSPS) is 22.1. The van der Waals surface area contributed by atoms with Crippen LogP contribution in [0.3, 0.4) is 0 Å². The highest BCUT2D eigenvalue weighted by atomic mass is 16.7. The van der Waals surface area contributed by atoms with Crippen LogP contribution in [0.4, 0.5) is 4.79 Å². The van der Waals surface area contributed by atoms with Gasteiger partial charge >= 0.3 is 6.16 Å². The Morgan fingerprint density at radius 2 is 2.22 bits per heavy atom.